The Balaban J connectivity index is 2.32. The van der Waals surface area contributed by atoms with Crippen LogP contribution in [0.5, 0.6) is 0 Å². The normalized spacial score (nSPS) is 11.1. The first-order valence-electron chi connectivity index (χ1n) is 5.15. The molecule has 0 aromatic heterocycles. The van der Waals surface area contributed by atoms with Crippen LogP contribution in [0.1, 0.15) is 11.1 Å². The third-order valence-electron chi connectivity index (χ3n) is 2.52. The third-order valence-corrected chi connectivity index (χ3v) is 4.18. The minimum absolute atomic E-state index is 0.774. The first-order chi connectivity index (χ1) is 7.27. The number of aryl methyl sites for hydroxylation is 2. The molecule has 0 saturated carbocycles. The maximum Gasteiger partial charge on any atom is -0.0168 e. The minimum atomic E-state index is 0.774. The standard InChI is InChI=1S/C14H15P/c1-11-7-6-8-12(2)14(11)15-13-9-4-3-5-10-13/h3-10,15H,1-2H3. The van der Waals surface area contributed by atoms with E-state index in [1.54, 1.807) is 0 Å². The lowest BCUT2D eigenvalue weighted by molar-refractivity contribution is 1.44. The largest absolute Gasteiger partial charge is 0.0622 e. The van der Waals surface area contributed by atoms with Gasteiger partial charge in [0.1, 0.15) is 0 Å². The van der Waals surface area contributed by atoms with Gasteiger partial charge in [0.2, 0.25) is 0 Å². The van der Waals surface area contributed by atoms with Gasteiger partial charge in [-0.25, -0.2) is 0 Å². The minimum Gasteiger partial charge on any atom is -0.0622 e. The first kappa shape index (κ1) is 10.4. The first-order valence-corrected chi connectivity index (χ1v) is 6.15. The van der Waals surface area contributed by atoms with Crippen LogP contribution in [0.3, 0.4) is 0 Å². The lowest BCUT2D eigenvalue weighted by Gasteiger charge is -2.09. The van der Waals surface area contributed by atoms with Crippen molar-refractivity contribution >= 4 is 19.2 Å². The number of hydrogen-bond acceptors (Lipinski definition) is 0. The van der Waals surface area contributed by atoms with E-state index in [1.165, 1.54) is 21.7 Å². The Morgan fingerprint density at radius 2 is 1.33 bits per heavy atom. The maximum absolute atomic E-state index is 2.20. The van der Waals surface area contributed by atoms with Gasteiger partial charge >= 0.3 is 0 Å². The van der Waals surface area contributed by atoms with E-state index >= 15 is 0 Å². The zero-order valence-electron chi connectivity index (χ0n) is 9.12. The van der Waals surface area contributed by atoms with Crippen molar-refractivity contribution in [1.82, 2.24) is 0 Å². The van der Waals surface area contributed by atoms with Gasteiger partial charge in [0.05, 0.1) is 0 Å². The van der Waals surface area contributed by atoms with E-state index in [0.717, 1.165) is 8.58 Å². The molecule has 1 atom stereocenters. The van der Waals surface area contributed by atoms with Crippen molar-refractivity contribution in [2.75, 3.05) is 0 Å². The van der Waals surface area contributed by atoms with Gasteiger partial charge in [0.25, 0.3) is 0 Å². The van der Waals surface area contributed by atoms with Crippen LogP contribution >= 0.6 is 8.58 Å². The average Bonchev–Trinajstić information content (AvgIpc) is 2.25. The molecule has 0 nitrogen and oxygen atoms in total. The summed E-state index contributed by atoms with van der Waals surface area (Å²) >= 11 is 0. The Hall–Kier alpha value is -1.13. The summed E-state index contributed by atoms with van der Waals surface area (Å²) in [5.74, 6) is 0. The summed E-state index contributed by atoms with van der Waals surface area (Å²) < 4.78 is 0. The van der Waals surface area contributed by atoms with Gasteiger partial charge in [-0.15, -0.1) is 0 Å². The van der Waals surface area contributed by atoms with Crippen LogP contribution in [0.2, 0.25) is 0 Å². The molecule has 0 N–H and O–H groups in total. The Labute approximate surface area is 93.1 Å². The second-order valence-electron chi connectivity index (χ2n) is 3.76. The Kier molecular flexibility index (Phi) is 3.18. The molecule has 0 fully saturated rings. The summed E-state index contributed by atoms with van der Waals surface area (Å²) in [6.07, 6.45) is 0. The number of hydrogen-bond donors (Lipinski definition) is 0. The van der Waals surface area contributed by atoms with Gasteiger partial charge < -0.3 is 0 Å². The van der Waals surface area contributed by atoms with Gasteiger partial charge in [-0.3, -0.25) is 0 Å². The summed E-state index contributed by atoms with van der Waals surface area (Å²) in [5.41, 5.74) is 2.80. The molecule has 0 aliphatic rings. The molecular formula is C14H15P. The van der Waals surface area contributed by atoms with Gasteiger partial charge in [0, 0.05) is 0 Å². The predicted octanol–water partition coefficient (Wildman–Crippen LogP) is 2.93. The second kappa shape index (κ2) is 4.59. The fourth-order valence-corrected chi connectivity index (χ4v) is 2.89. The summed E-state index contributed by atoms with van der Waals surface area (Å²) in [5, 5.41) is 2.90. The maximum atomic E-state index is 2.20. The highest BCUT2D eigenvalue weighted by Crippen LogP contribution is 2.15. The van der Waals surface area contributed by atoms with E-state index in [4.69, 9.17) is 0 Å². The van der Waals surface area contributed by atoms with Crippen molar-refractivity contribution in [3.8, 4) is 0 Å². The Morgan fingerprint density at radius 3 is 1.93 bits per heavy atom. The fraction of sp³-hybridized carbons (Fsp3) is 0.143. The van der Waals surface area contributed by atoms with Gasteiger partial charge in [-0.2, -0.15) is 0 Å². The van der Waals surface area contributed by atoms with Crippen LogP contribution in [0.25, 0.3) is 0 Å². The SMILES string of the molecule is Cc1cccc(C)c1Pc1ccccc1. The molecule has 0 heterocycles. The van der Waals surface area contributed by atoms with Crippen LogP contribution < -0.4 is 10.6 Å². The van der Waals surface area contributed by atoms with Crippen LogP contribution in [0, 0.1) is 13.8 Å². The van der Waals surface area contributed by atoms with E-state index in [0.29, 0.717) is 0 Å². The zero-order chi connectivity index (χ0) is 10.7. The molecule has 2 rings (SSSR count). The molecule has 1 unspecified atom stereocenters. The summed E-state index contributed by atoms with van der Waals surface area (Å²) in [6, 6.07) is 17.2. The summed E-state index contributed by atoms with van der Waals surface area (Å²) in [7, 11) is 0.774. The monoisotopic (exact) mass is 214 g/mol. The quantitative estimate of drug-likeness (QED) is 0.674. The lowest BCUT2D eigenvalue weighted by Crippen LogP contribution is -2.09. The van der Waals surface area contributed by atoms with Gasteiger partial charge in [-0.1, -0.05) is 57.1 Å². The van der Waals surface area contributed by atoms with Crippen LogP contribution in [0.4, 0.5) is 0 Å². The molecule has 15 heavy (non-hydrogen) atoms. The molecule has 1 heteroatoms. The molecule has 0 saturated heterocycles. The van der Waals surface area contributed by atoms with Crippen LogP contribution in [-0.4, -0.2) is 0 Å². The smallest absolute Gasteiger partial charge is 0.0168 e. The summed E-state index contributed by atoms with van der Waals surface area (Å²) in [6.45, 7) is 4.39. The highest BCUT2D eigenvalue weighted by Gasteiger charge is 2.02. The van der Waals surface area contributed by atoms with Crippen LogP contribution in [-0.2, 0) is 0 Å². The number of benzene rings is 2. The summed E-state index contributed by atoms with van der Waals surface area (Å²) in [4.78, 5) is 0. The molecule has 0 aliphatic heterocycles. The van der Waals surface area contributed by atoms with Gasteiger partial charge in [-0.05, 0) is 35.6 Å². The van der Waals surface area contributed by atoms with Crippen molar-refractivity contribution in [2.45, 2.75) is 13.8 Å². The van der Waals surface area contributed by atoms with Crippen molar-refractivity contribution in [1.29, 1.82) is 0 Å². The van der Waals surface area contributed by atoms with Crippen molar-refractivity contribution in [2.24, 2.45) is 0 Å². The molecule has 2 aromatic rings. The van der Waals surface area contributed by atoms with Crippen LogP contribution in [0.15, 0.2) is 48.5 Å². The number of rotatable bonds is 2. The van der Waals surface area contributed by atoms with E-state index in [2.05, 4.69) is 62.4 Å². The predicted molar refractivity (Wildman–Crippen MR) is 69.9 cm³/mol. The van der Waals surface area contributed by atoms with E-state index < -0.39 is 0 Å². The Morgan fingerprint density at radius 1 is 0.733 bits per heavy atom. The second-order valence-corrected chi connectivity index (χ2v) is 5.09. The molecule has 2 aromatic carbocycles. The zero-order valence-corrected chi connectivity index (χ0v) is 10.1. The molecule has 0 spiro atoms. The molecule has 0 amide bonds. The fourth-order valence-electron chi connectivity index (χ4n) is 1.68. The highest BCUT2D eigenvalue weighted by atomic mass is 31.1. The van der Waals surface area contributed by atoms with E-state index in [-0.39, 0.29) is 0 Å². The van der Waals surface area contributed by atoms with Crippen molar-refractivity contribution in [3.05, 3.63) is 59.7 Å². The lowest BCUT2D eigenvalue weighted by atomic mass is 10.2. The molecule has 0 radical (unpaired) electrons. The highest BCUT2D eigenvalue weighted by molar-refractivity contribution is 7.55. The Bertz CT molecular complexity index is 426. The van der Waals surface area contributed by atoms with E-state index in [1.807, 2.05) is 0 Å². The van der Waals surface area contributed by atoms with Gasteiger partial charge in [0.15, 0.2) is 0 Å². The van der Waals surface area contributed by atoms with Crippen molar-refractivity contribution < 1.29 is 0 Å². The topological polar surface area (TPSA) is 0 Å². The molecular weight excluding hydrogens is 199 g/mol. The molecule has 0 bridgehead atoms. The third kappa shape index (κ3) is 2.46. The van der Waals surface area contributed by atoms with E-state index in [9.17, 15) is 0 Å². The molecule has 76 valence electrons. The van der Waals surface area contributed by atoms with Crippen molar-refractivity contribution in [3.63, 3.8) is 0 Å². The average molecular weight is 214 g/mol. The molecule has 0 aliphatic carbocycles.